The van der Waals surface area contributed by atoms with E-state index in [0.717, 1.165) is 3.57 Å². The Labute approximate surface area is 131 Å². The highest BCUT2D eigenvalue weighted by Gasteiger charge is 2.20. The van der Waals surface area contributed by atoms with Gasteiger partial charge in [-0.3, -0.25) is 4.72 Å². The Morgan fingerprint density at radius 3 is 2.25 bits per heavy atom. The molecule has 0 atom stereocenters. The second-order valence-electron chi connectivity index (χ2n) is 4.48. The summed E-state index contributed by atoms with van der Waals surface area (Å²) in [6, 6.07) is 9.48. The largest absolute Gasteiger partial charge is 0.280 e. The van der Waals surface area contributed by atoms with Crippen molar-refractivity contribution in [2.75, 3.05) is 4.72 Å². The lowest BCUT2D eigenvalue weighted by Gasteiger charge is -2.13. The van der Waals surface area contributed by atoms with Crippen LogP contribution in [-0.2, 0) is 10.0 Å². The topological polar surface area (TPSA) is 46.2 Å². The molecule has 106 valence electrons. The first kappa shape index (κ1) is 15.2. The molecule has 20 heavy (non-hydrogen) atoms. The van der Waals surface area contributed by atoms with Gasteiger partial charge in [0.15, 0.2) is 0 Å². The second-order valence-corrected chi connectivity index (χ2v) is 7.35. The molecule has 0 spiro atoms. The maximum absolute atomic E-state index is 13.3. The number of benzene rings is 2. The van der Waals surface area contributed by atoms with Crippen LogP contribution in [0.15, 0.2) is 41.3 Å². The number of hydrogen-bond donors (Lipinski definition) is 1. The van der Waals surface area contributed by atoms with Crippen molar-refractivity contribution >= 4 is 38.3 Å². The van der Waals surface area contributed by atoms with E-state index in [1.54, 1.807) is 32.0 Å². The average molecular weight is 405 g/mol. The minimum Gasteiger partial charge on any atom is -0.280 e. The number of aryl methyl sites for hydroxylation is 2. The van der Waals surface area contributed by atoms with Crippen LogP contribution in [0, 0.1) is 23.2 Å². The van der Waals surface area contributed by atoms with Gasteiger partial charge in [0.2, 0.25) is 0 Å². The lowest BCUT2D eigenvalue weighted by Crippen LogP contribution is -2.16. The quantitative estimate of drug-likeness (QED) is 0.789. The summed E-state index contributed by atoms with van der Waals surface area (Å²) in [4.78, 5) is 0.123. The van der Waals surface area contributed by atoms with Crippen LogP contribution < -0.4 is 4.72 Å². The molecule has 0 aliphatic heterocycles. The minimum absolute atomic E-state index is 0.123. The standard InChI is InChI=1S/C14H13FINO2S/c1-9-6-11(15)7-10(2)14(9)20(18,19)17-13-5-3-4-12(16)8-13/h3-8,17H,1-2H3. The first-order chi connectivity index (χ1) is 9.29. The van der Waals surface area contributed by atoms with Gasteiger partial charge in [-0.15, -0.1) is 0 Å². The zero-order valence-electron chi connectivity index (χ0n) is 10.9. The predicted molar refractivity (Wildman–Crippen MR) is 85.8 cm³/mol. The van der Waals surface area contributed by atoms with E-state index in [0.29, 0.717) is 16.8 Å². The molecule has 0 saturated carbocycles. The molecule has 0 aliphatic carbocycles. The van der Waals surface area contributed by atoms with Gasteiger partial charge in [0, 0.05) is 9.26 Å². The molecule has 0 fully saturated rings. The van der Waals surface area contributed by atoms with Gasteiger partial charge < -0.3 is 0 Å². The van der Waals surface area contributed by atoms with E-state index < -0.39 is 15.8 Å². The van der Waals surface area contributed by atoms with Gasteiger partial charge in [0.1, 0.15) is 5.82 Å². The number of hydrogen-bond acceptors (Lipinski definition) is 2. The molecule has 0 saturated heterocycles. The molecule has 1 N–H and O–H groups in total. The monoisotopic (exact) mass is 405 g/mol. The smallest absolute Gasteiger partial charge is 0.262 e. The van der Waals surface area contributed by atoms with Crippen LogP contribution in [0.3, 0.4) is 0 Å². The van der Waals surface area contributed by atoms with E-state index >= 15 is 0 Å². The van der Waals surface area contributed by atoms with Crippen LogP contribution in [0.1, 0.15) is 11.1 Å². The maximum Gasteiger partial charge on any atom is 0.262 e. The van der Waals surface area contributed by atoms with Crippen LogP contribution in [0.2, 0.25) is 0 Å². The van der Waals surface area contributed by atoms with E-state index in [1.165, 1.54) is 12.1 Å². The Balaban J connectivity index is 2.46. The molecule has 2 aromatic rings. The summed E-state index contributed by atoms with van der Waals surface area (Å²) in [5, 5.41) is 0. The zero-order chi connectivity index (χ0) is 14.9. The van der Waals surface area contributed by atoms with E-state index in [9.17, 15) is 12.8 Å². The number of rotatable bonds is 3. The molecular formula is C14H13FINO2S. The van der Waals surface area contributed by atoms with Gasteiger partial charge in [-0.2, -0.15) is 0 Å². The molecule has 3 nitrogen and oxygen atoms in total. The summed E-state index contributed by atoms with van der Waals surface area (Å²) in [6.07, 6.45) is 0. The molecule has 0 aromatic heterocycles. The third-order valence-corrected chi connectivity index (χ3v) is 5.13. The summed E-state index contributed by atoms with van der Waals surface area (Å²) in [5.74, 6) is -0.437. The summed E-state index contributed by atoms with van der Waals surface area (Å²) < 4.78 is 41.6. The van der Waals surface area contributed by atoms with Crippen molar-refractivity contribution < 1.29 is 12.8 Å². The molecule has 2 rings (SSSR count). The van der Waals surface area contributed by atoms with Crippen molar-refractivity contribution in [3.05, 3.63) is 56.9 Å². The van der Waals surface area contributed by atoms with Gasteiger partial charge in [-0.25, -0.2) is 12.8 Å². The molecular weight excluding hydrogens is 392 g/mol. The molecule has 0 unspecified atom stereocenters. The number of nitrogens with one attached hydrogen (secondary N) is 1. The second kappa shape index (κ2) is 5.69. The predicted octanol–water partition coefficient (Wildman–Crippen LogP) is 3.85. The Morgan fingerprint density at radius 1 is 1.10 bits per heavy atom. The van der Waals surface area contributed by atoms with Gasteiger partial charge in [-0.05, 0) is 77.9 Å². The van der Waals surface area contributed by atoms with Crippen molar-refractivity contribution in [1.29, 1.82) is 0 Å². The molecule has 2 aromatic carbocycles. The molecule has 0 aliphatic rings. The normalized spacial score (nSPS) is 11.4. The lowest BCUT2D eigenvalue weighted by atomic mass is 10.1. The minimum atomic E-state index is -3.73. The summed E-state index contributed by atoms with van der Waals surface area (Å²) in [5.41, 5.74) is 1.27. The van der Waals surface area contributed by atoms with Crippen molar-refractivity contribution in [2.24, 2.45) is 0 Å². The van der Waals surface area contributed by atoms with Crippen molar-refractivity contribution in [3.63, 3.8) is 0 Å². The molecule has 0 bridgehead atoms. The van der Waals surface area contributed by atoms with Crippen LogP contribution in [0.4, 0.5) is 10.1 Å². The molecule has 0 heterocycles. The fraction of sp³-hybridized carbons (Fsp3) is 0.143. The summed E-state index contributed by atoms with van der Waals surface area (Å²) in [6.45, 7) is 3.17. The van der Waals surface area contributed by atoms with E-state index in [1.807, 2.05) is 6.07 Å². The first-order valence-electron chi connectivity index (χ1n) is 5.85. The fourth-order valence-corrected chi connectivity index (χ4v) is 4.13. The maximum atomic E-state index is 13.3. The van der Waals surface area contributed by atoms with Gasteiger partial charge in [0.25, 0.3) is 10.0 Å². The van der Waals surface area contributed by atoms with Crippen molar-refractivity contribution in [2.45, 2.75) is 18.7 Å². The summed E-state index contributed by atoms with van der Waals surface area (Å²) >= 11 is 2.10. The van der Waals surface area contributed by atoms with Gasteiger partial charge in [-0.1, -0.05) is 6.07 Å². The highest BCUT2D eigenvalue weighted by atomic mass is 127. The lowest BCUT2D eigenvalue weighted by molar-refractivity contribution is 0.597. The van der Waals surface area contributed by atoms with Crippen molar-refractivity contribution in [1.82, 2.24) is 0 Å². The van der Waals surface area contributed by atoms with E-state index in [-0.39, 0.29) is 4.90 Å². The third kappa shape index (κ3) is 3.29. The highest BCUT2D eigenvalue weighted by molar-refractivity contribution is 14.1. The first-order valence-corrected chi connectivity index (χ1v) is 8.41. The Morgan fingerprint density at radius 2 is 1.70 bits per heavy atom. The van der Waals surface area contributed by atoms with Crippen LogP contribution >= 0.6 is 22.6 Å². The Bertz CT molecular complexity index is 737. The number of sulfonamides is 1. The fourth-order valence-electron chi connectivity index (χ4n) is 2.08. The summed E-state index contributed by atoms with van der Waals surface area (Å²) in [7, 11) is -3.73. The number of anilines is 1. The average Bonchev–Trinajstić information content (AvgIpc) is 2.25. The number of halogens is 2. The van der Waals surface area contributed by atoms with Crippen LogP contribution in [0.5, 0.6) is 0 Å². The van der Waals surface area contributed by atoms with E-state index in [4.69, 9.17) is 0 Å². The van der Waals surface area contributed by atoms with Crippen LogP contribution in [-0.4, -0.2) is 8.42 Å². The molecule has 0 radical (unpaired) electrons. The van der Waals surface area contributed by atoms with Gasteiger partial charge >= 0.3 is 0 Å². The van der Waals surface area contributed by atoms with Crippen LogP contribution in [0.25, 0.3) is 0 Å². The molecule has 6 heteroatoms. The zero-order valence-corrected chi connectivity index (χ0v) is 13.9. The Kier molecular flexibility index (Phi) is 4.33. The third-order valence-electron chi connectivity index (χ3n) is 2.77. The van der Waals surface area contributed by atoms with E-state index in [2.05, 4.69) is 27.3 Å². The highest BCUT2D eigenvalue weighted by Crippen LogP contribution is 2.24. The van der Waals surface area contributed by atoms with Gasteiger partial charge in [0.05, 0.1) is 4.90 Å². The SMILES string of the molecule is Cc1cc(F)cc(C)c1S(=O)(=O)Nc1cccc(I)c1. The van der Waals surface area contributed by atoms with Crippen molar-refractivity contribution in [3.8, 4) is 0 Å². The Hall–Kier alpha value is -1.15. The molecule has 0 amide bonds.